The second-order valence-electron chi connectivity index (χ2n) is 7.76. The van der Waals surface area contributed by atoms with Crippen LogP contribution in [0.4, 0.5) is 15.8 Å². The molecule has 3 unspecified atom stereocenters. The van der Waals surface area contributed by atoms with Crippen LogP contribution in [0.25, 0.3) is 0 Å². The van der Waals surface area contributed by atoms with E-state index in [9.17, 15) is 14.0 Å². The molecule has 32 heavy (non-hydrogen) atoms. The highest BCUT2D eigenvalue weighted by Crippen LogP contribution is 2.49. The summed E-state index contributed by atoms with van der Waals surface area (Å²) in [5, 5.41) is 1.62. The van der Waals surface area contributed by atoms with Gasteiger partial charge in [-0.05, 0) is 54.1 Å². The Labute approximate surface area is 182 Å². The SMILES string of the molecule is O=C1C2ON(c3ccccc3)C(c3ccc4c(c3)OCO4)C2C(=O)N1c1ccc(F)cc1. The van der Waals surface area contributed by atoms with Crippen LogP contribution in [0, 0.1) is 11.7 Å². The molecule has 3 heterocycles. The van der Waals surface area contributed by atoms with Gasteiger partial charge in [-0.2, -0.15) is 0 Å². The van der Waals surface area contributed by atoms with E-state index in [-0.39, 0.29) is 6.79 Å². The van der Waals surface area contributed by atoms with E-state index in [0.29, 0.717) is 17.2 Å². The Morgan fingerprint density at radius 2 is 1.56 bits per heavy atom. The third-order valence-electron chi connectivity index (χ3n) is 5.95. The zero-order chi connectivity index (χ0) is 21.8. The number of rotatable bonds is 3. The van der Waals surface area contributed by atoms with Crippen molar-refractivity contribution in [1.29, 1.82) is 0 Å². The summed E-state index contributed by atoms with van der Waals surface area (Å²) in [7, 11) is 0. The molecule has 0 aliphatic carbocycles. The molecule has 160 valence electrons. The van der Waals surface area contributed by atoms with Gasteiger partial charge < -0.3 is 9.47 Å². The summed E-state index contributed by atoms with van der Waals surface area (Å²) in [5.74, 6) is -0.905. The molecule has 6 rings (SSSR count). The first kappa shape index (κ1) is 18.8. The number of carbonyl (C=O) groups excluding carboxylic acids is 2. The number of fused-ring (bicyclic) bond motifs is 2. The Bertz CT molecular complexity index is 1220. The molecule has 0 N–H and O–H groups in total. The highest BCUT2D eigenvalue weighted by molar-refractivity contribution is 6.23. The van der Waals surface area contributed by atoms with Crippen molar-refractivity contribution in [1.82, 2.24) is 0 Å². The Morgan fingerprint density at radius 1 is 0.812 bits per heavy atom. The summed E-state index contributed by atoms with van der Waals surface area (Å²) in [6.45, 7) is 0.129. The van der Waals surface area contributed by atoms with Gasteiger partial charge in [-0.25, -0.2) is 14.4 Å². The van der Waals surface area contributed by atoms with Gasteiger partial charge in [0.25, 0.3) is 5.91 Å². The fourth-order valence-corrected chi connectivity index (χ4v) is 4.49. The lowest BCUT2D eigenvalue weighted by molar-refractivity contribution is -0.126. The number of benzene rings is 3. The Morgan fingerprint density at radius 3 is 2.34 bits per heavy atom. The molecule has 0 bridgehead atoms. The first-order valence-electron chi connectivity index (χ1n) is 10.2. The maximum Gasteiger partial charge on any atom is 0.266 e. The van der Waals surface area contributed by atoms with Crippen LogP contribution in [0.3, 0.4) is 0 Å². The van der Waals surface area contributed by atoms with Crippen molar-refractivity contribution in [2.24, 2.45) is 5.92 Å². The van der Waals surface area contributed by atoms with Crippen LogP contribution in [0.15, 0.2) is 72.8 Å². The Balaban J connectivity index is 1.44. The van der Waals surface area contributed by atoms with Crippen molar-refractivity contribution in [3.63, 3.8) is 0 Å². The van der Waals surface area contributed by atoms with Crippen molar-refractivity contribution in [3.8, 4) is 11.5 Å². The summed E-state index contributed by atoms with van der Waals surface area (Å²) in [5.41, 5.74) is 1.79. The van der Waals surface area contributed by atoms with Crippen LogP contribution in [-0.4, -0.2) is 24.7 Å². The lowest BCUT2D eigenvalue weighted by Crippen LogP contribution is -2.37. The lowest BCUT2D eigenvalue weighted by Gasteiger charge is -2.28. The third kappa shape index (κ3) is 2.76. The summed E-state index contributed by atoms with van der Waals surface area (Å²) in [6, 6.07) is 19.4. The molecule has 3 atom stereocenters. The molecule has 0 radical (unpaired) electrons. The normalized spacial score (nSPS) is 23.7. The van der Waals surface area contributed by atoms with Crippen LogP contribution < -0.4 is 19.4 Å². The number of halogens is 1. The number of hydrogen-bond acceptors (Lipinski definition) is 6. The van der Waals surface area contributed by atoms with E-state index < -0.39 is 35.7 Å². The van der Waals surface area contributed by atoms with Crippen LogP contribution in [0.2, 0.25) is 0 Å². The molecule has 3 aliphatic heterocycles. The van der Waals surface area contributed by atoms with E-state index in [2.05, 4.69) is 0 Å². The van der Waals surface area contributed by atoms with Crippen LogP contribution >= 0.6 is 0 Å². The average molecular weight is 432 g/mol. The molecular formula is C24H17FN2O5. The molecule has 2 amide bonds. The van der Waals surface area contributed by atoms with E-state index >= 15 is 0 Å². The third-order valence-corrected chi connectivity index (χ3v) is 5.95. The minimum absolute atomic E-state index is 0.129. The van der Waals surface area contributed by atoms with Gasteiger partial charge in [0.15, 0.2) is 17.6 Å². The Hall–Kier alpha value is -3.91. The van der Waals surface area contributed by atoms with Crippen LogP contribution in [0.5, 0.6) is 11.5 Å². The largest absolute Gasteiger partial charge is 0.454 e. The lowest BCUT2D eigenvalue weighted by atomic mass is 9.90. The number of anilines is 2. The number of ether oxygens (including phenoxy) is 2. The topological polar surface area (TPSA) is 68.3 Å². The molecule has 8 heteroatoms. The van der Waals surface area contributed by atoms with Gasteiger partial charge in [-0.1, -0.05) is 24.3 Å². The van der Waals surface area contributed by atoms with Crippen molar-refractivity contribution in [3.05, 3.63) is 84.2 Å². The van der Waals surface area contributed by atoms with Crippen LogP contribution in [0.1, 0.15) is 11.6 Å². The van der Waals surface area contributed by atoms with Crippen molar-refractivity contribution in [2.45, 2.75) is 12.1 Å². The maximum absolute atomic E-state index is 13.5. The molecule has 3 aromatic carbocycles. The fourth-order valence-electron chi connectivity index (χ4n) is 4.49. The molecule has 3 aliphatic rings. The first-order chi connectivity index (χ1) is 15.6. The van der Waals surface area contributed by atoms with Crippen LogP contribution in [-0.2, 0) is 14.4 Å². The fraction of sp³-hybridized carbons (Fsp3) is 0.167. The number of imide groups is 1. The minimum Gasteiger partial charge on any atom is -0.454 e. The summed E-state index contributed by atoms with van der Waals surface area (Å²) >= 11 is 0. The van der Waals surface area contributed by atoms with Crippen molar-refractivity contribution >= 4 is 23.2 Å². The number of nitrogens with zero attached hydrogens (tertiary/aromatic N) is 2. The zero-order valence-electron chi connectivity index (χ0n) is 16.7. The number of carbonyl (C=O) groups is 2. The molecule has 3 aromatic rings. The number of amides is 2. The number of hydrogen-bond donors (Lipinski definition) is 0. The van der Waals surface area contributed by atoms with Crippen molar-refractivity contribution < 1.29 is 28.3 Å². The molecule has 0 aromatic heterocycles. The van der Waals surface area contributed by atoms with E-state index in [1.165, 1.54) is 24.3 Å². The Kier molecular flexibility index (Phi) is 4.16. The average Bonchev–Trinajstić information content (AvgIpc) is 3.50. The smallest absolute Gasteiger partial charge is 0.266 e. The van der Waals surface area contributed by atoms with Gasteiger partial charge >= 0.3 is 0 Å². The highest BCUT2D eigenvalue weighted by Gasteiger charge is 2.60. The minimum atomic E-state index is -0.997. The molecule has 2 fully saturated rings. The molecule has 7 nitrogen and oxygen atoms in total. The summed E-state index contributed by atoms with van der Waals surface area (Å²) < 4.78 is 24.3. The zero-order valence-corrected chi connectivity index (χ0v) is 16.7. The monoisotopic (exact) mass is 432 g/mol. The van der Waals surface area contributed by atoms with E-state index in [0.717, 1.165) is 16.2 Å². The van der Waals surface area contributed by atoms with E-state index in [1.807, 2.05) is 42.5 Å². The van der Waals surface area contributed by atoms with Gasteiger partial charge in [-0.3, -0.25) is 14.4 Å². The predicted octanol–water partition coefficient (Wildman–Crippen LogP) is 3.61. The van der Waals surface area contributed by atoms with E-state index in [1.54, 1.807) is 11.1 Å². The van der Waals surface area contributed by atoms with Gasteiger partial charge in [0, 0.05) is 0 Å². The van der Waals surface area contributed by atoms with Gasteiger partial charge in [0.1, 0.15) is 11.7 Å². The number of para-hydroxylation sites is 1. The quantitative estimate of drug-likeness (QED) is 0.589. The second kappa shape index (κ2) is 7.06. The van der Waals surface area contributed by atoms with Gasteiger partial charge in [0.05, 0.1) is 17.4 Å². The molecule has 0 saturated carbocycles. The van der Waals surface area contributed by atoms with Gasteiger partial charge in [-0.15, -0.1) is 0 Å². The molecule has 0 spiro atoms. The molecular weight excluding hydrogens is 415 g/mol. The first-order valence-corrected chi connectivity index (χ1v) is 10.2. The second-order valence-corrected chi connectivity index (χ2v) is 7.76. The predicted molar refractivity (Wildman–Crippen MR) is 111 cm³/mol. The highest BCUT2D eigenvalue weighted by atomic mass is 19.1. The number of hydroxylamine groups is 1. The van der Waals surface area contributed by atoms with Gasteiger partial charge in [0.2, 0.25) is 12.7 Å². The standard InChI is InChI=1S/C24H17FN2O5/c25-15-7-9-16(10-8-15)26-23(28)20-21(14-6-11-18-19(12-14)31-13-30-18)27(32-22(20)24(26)29)17-4-2-1-3-5-17/h1-12,20-22H,13H2. The van der Waals surface area contributed by atoms with E-state index in [4.69, 9.17) is 14.3 Å². The van der Waals surface area contributed by atoms with Crippen molar-refractivity contribution in [2.75, 3.05) is 16.8 Å². The maximum atomic E-state index is 13.5. The summed E-state index contributed by atoms with van der Waals surface area (Å²) in [6.07, 6.45) is -0.997. The molecule has 2 saturated heterocycles. The summed E-state index contributed by atoms with van der Waals surface area (Å²) in [4.78, 5) is 33.9.